The Bertz CT molecular complexity index is 181. The molecule has 0 atom stereocenters. The Labute approximate surface area is 55.2 Å². The minimum atomic E-state index is -0.100. The molecule has 0 saturated carbocycles. The predicted octanol–water partition coefficient (Wildman–Crippen LogP) is 0.793. The van der Waals surface area contributed by atoms with Gasteiger partial charge in [-0.15, -0.1) is 0 Å². The zero-order chi connectivity index (χ0) is 7.23. The summed E-state index contributed by atoms with van der Waals surface area (Å²) >= 11 is 0. The minimum absolute atomic E-state index is 0.0694. The maximum Gasteiger partial charge on any atom is 0.252 e. The number of amides is 1. The number of likely N-dealkylation sites (tertiary alicyclic amines) is 1. The van der Waals surface area contributed by atoms with E-state index < -0.39 is 0 Å². The molecule has 0 bridgehead atoms. The molecule has 1 rings (SSSR count). The van der Waals surface area contributed by atoms with Crippen LogP contribution in [0.2, 0.25) is 0 Å². The average molecular weight is 125 g/mol. The second-order valence-electron chi connectivity index (χ2n) is 2.90. The first-order valence-electron chi connectivity index (χ1n) is 2.95. The molecule has 1 heterocycles. The quantitative estimate of drug-likeness (QED) is 0.346. The summed E-state index contributed by atoms with van der Waals surface area (Å²) in [6.45, 7) is 7.62. The number of carbonyl (C=O) groups excluding carboxylic acids is 1. The van der Waals surface area contributed by atoms with Crippen LogP contribution in [-0.2, 0) is 4.79 Å². The summed E-state index contributed by atoms with van der Waals surface area (Å²) in [5, 5.41) is 0. The van der Waals surface area contributed by atoms with Crippen LogP contribution in [0.1, 0.15) is 13.8 Å². The van der Waals surface area contributed by atoms with Crippen LogP contribution in [-0.4, -0.2) is 23.4 Å². The van der Waals surface area contributed by atoms with Gasteiger partial charge in [0.25, 0.3) is 5.91 Å². The molecule has 0 aromatic rings. The number of β-lactam (4-membered cyclic amide) rings is 1. The minimum Gasteiger partial charge on any atom is -0.333 e. The molecule has 0 aliphatic carbocycles. The lowest BCUT2D eigenvalue weighted by Gasteiger charge is -2.47. The van der Waals surface area contributed by atoms with Crippen molar-refractivity contribution in [1.29, 1.82) is 0 Å². The number of carbonyl (C=O) groups is 1. The Balaban J connectivity index is 2.86. The summed E-state index contributed by atoms with van der Waals surface area (Å²) in [6.07, 6.45) is 0. The largest absolute Gasteiger partial charge is 0.333 e. The first-order valence-corrected chi connectivity index (χ1v) is 2.95. The maximum atomic E-state index is 10.8. The van der Waals surface area contributed by atoms with Gasteiger partial charge in [0.05, 0.1) is 5.54 Å². The summed E-state index contributed by atoms with van der Waals surface area (Å²) in [5.41, 5.74) is 0.613. The third-order valence-corrected chi connectivity index (χ3v) is 2.14. The highest BCUT2D eigenvalue weighted by molar-refractivity contribution is 6.02. The molecular weight excluding hydrogens is 114 g/mol. The summed E-state index contributed by atoms with van der Waals surface area (Å²) in [5.74, 6) is 0.0694. The van der Waals surface area contributed by atoms with E-state index in [1.54, 1.807) is 11.9 Å². The van der Waals surface area contributed by atoms with Crippen molar-refractivity contribution in [1.82, 2.24) is 4.90 Å². The molecule has 0 aromatic carbocycles. The highest BCUT2D eigenvalue weighted by atomic mass is 16.2. The van der Waals surface area contributed by atoms with Gasteiger partial charge in [0.2, 0.25) is 0 Å². The molecule has 2 heteroatoms. The van der Waals surface area contributed by atoms with Crippen molar-refractivity contribution in [2.75, 3.05) is 7.05 Å². The molecule has 1 aliphatic heterocycles. The Morgan fingerprint density at radius 2 is 2.00 bits per heavy atom. The van der Waals surface area contributed by atoms with E-state index >= 15 is 0 Å². The van der Waals surface area contributed by atoms with Crippen molar-refractivity contribution in [3.05, 3.63) is 12.2 Å². The molecule has 9 heavy (non-hydrogen) atoms. The Morgan fingerprint density at radius 1 is 1.56 bits per heavy atom. The van der Waals surface area contributed by atoms with Crippen LogP contribution >= 0.6 is 0 Å². The predicted molar refractivity (Wildman–Crippen MR) is 36.0 cm³/mol. The van der Waals surface area contributed by atoms with E-state index in [4.69, 9.17) is 0 Å². The van der Waals surface area contributed by atoms with Gasteiger partial charge in [-0.1, -0.05) is 6.58 Å². The zero-order valence-corrected chi connectivity index (χ0v) is 6.06. The summed E-state index contributed by atoms with van der Waals surface area (Å²) in [4.78, 5) is 12.5. The Hall–Kier alpha value is -0.790. The highest BCUT2D eigenvalue weighted by Crippen LogP contribution is 2.33. The van der Waals surface area contributed by atoms with Crippen molar-refractivity contribution in [3.8, 4) is 0 Å². The molecule has 1 aliphatic rings. The molecular formula is C7H11NO. The third kappa shape index (κ3) is 0.530. The maximum absolute atomic E-state index is 10.8. The van der Waals surface area contributed by atoms with Crippen LogP contribution < -0.4 is 0 Å². The lowest BCUT2D eigenvalue weighted by Crippen LogP contribution is -2.59. The second-order valence-corrected chi connectivity index (χ2v) is 2.90. The van der Waals surface area contributed by atoms with E-state index in [1.807, 2.05) is 13.8 Å². The standard InChI is InChI=1S/C7H11NO/c1-5-6(9)8(4)7(5,2)3/h1H2,2-4H3. The molecule has 2 nitrogen and oxygen atoms in total. The van der Waals surface area contributed by atoms with Crippen LogP contribution in [0.15, 0.2) is 12.2 Å². The van der Waals surface area contributed by atoms with Gasteiger partial charge >= 0.3 is 0 Å². The van der Waals surface area contributed by atoms with Gasteiger partial charge in [0, 0.05) is 12.6 Å². The Morgan fingerprint density at radius 3 is 2.11 bits per heavy atom. The first-order chi connectivity index (χ1) is 3.98. The van der Waals surface area contributed by atoms with Gasteiger partial charge in [-0.2, -0.15) is 0 Å². The van der Waals surface area contributed by atoms with Gasteiger partial charge in [-0.05, 0) is 13.8 Å². The van der Waals surface area contributed by atoms with Crippen LogP contribution in [0.4, 0.5) is 0 Å². The van der Waals surface area contributed by atoms with E-state index in [9.17, 15) is 4.79 Å². The lowest BCUT2D eigenvalue weighted by molar-refractivity contribution is -0.139. The summed E-state index contributed by atoms with van der Waals surface area (Å²) in [6, 6.07) is 0. The smallest absolute Gasteiger partial charge is 0.252 e. The van der Waals surface area contributed by atoms with Gasteiger partial charge in [-0.3, -0.25) is 4.79 Å². The van der Waals surface area contributed by atoms with Gasteiger partial charge in [0.1, 0.15) is 0 Å². The van der Waals surface area contributed by atoms with E-state index in [0.29, 0.717) is 5.57 Å². The lowest BCUT2D eigenvalue weighted by atomic mass is 9.84. The Kier molecular flexibility index (Phi) is 0.969. The van der Waals surface area contributed by atoms with Crippen LogP contribution in [0.5, 0.6) is 0 Å². The van der Waals surface area contributed by atoms with Crippen molar-refractivity contribution in [2.24, 2.45) is 0 Å². The zero-order valence-electron chi connectivity index (χ0n) is 6.06. The fourth-order valence-corrected chi connectivity index (χ4v) is 0.867. The van der Waals surface area contributed by atoms with Gasteiger partial charge in [0.15, 0.2) is 0 Å². The molecule has 50 valence electrons. The average Bonchev–Trinajstić information content (AvgIpc) is 1.84. The molecule has 0 N–H and O–H groups in total. The fraction of sp³-hybridized carbons (Fsp3) is 0.571. The first kappa shape index (κ1) is 6.33. The van der Waals surface area contributed by atoms with Crippen LogP contribution in [0, 0.1) is 0 Å². The van der Waals surface area contributed by atoms with Crippen molar-refractivity contribution < 1.29 is 4.79 Å². The van der Waals surface area contributed by atoms with E-state index in [1.165, 1.54) is 0 Å². The van der Waals surface area contributed by atoms with Gasteiger partial charge in [-0.25, -0.2) is 0 Å². The second kappa shape index (κ2) is 1.38. The molecule has 1 amide bonds. The molecule has 0 spiro atoms. The van der Waals surface area contributed by atoms with Crippen molar-refractivity contribution in [3.63, 3.8) is 0 Å². The number of hydrogen-bond donors (Lipinski definition) is 0. The molecule has 0 aromatic heterocycles. The molecule has 1 saturated heterocycles. The fourth-order valence-electron chi connectivity index (χ4n) is 0.867. The number of likely N-dealkylation sites (N-methyl/N-ethyl adjacent to an activating group) is 1. The number of hydrogen-bond acceptors (Lipinski definition) is 1. The molecule has 0 unspecified atom stereocenters. The van der Waals surface area contributed by atoms with Crippen molar-refractivity contribution >= 4 is 5.91 Å². The normalized spacial score (nSPS) is 24.1. The highest BCUT2D eigenvalue weighted by Gasteiger charge is 2.44. The monoisotopic (exact) mass is 125 g/mol. The van der Waals surface area contributed by atoms with Crippen LogP contribution in [0.3, 0.4) is 0 Å². The van der Waals surface area contributed by atoms with Gasteiger partial charge < -0.3 is 4.90 Å². The molecule has 0 radical (unpaired) electrons. The topological polar surface area (TPSA) is 20.3 Å². The van der Waals surface area contributed by atoms with E-state index in [-0.39, 0.29) is 11.4 Å². The number of rotatable bonds is 0. The third-order valence-electron chi connectivity index (χ3n) is 2.14. The van der Waals surface area contributed by atoms with Crippen molar-refractivity contribution in [2.45, 2.75) is 19.4 Å². The SMILES string of the molecule is C=C1C(=O)N(C)C1(C)C. The molecule has 1 fully saturated rings. The van der Waals surface area contributed by atoms with E-state index in [2.05, 4.69) is 6.58 Å². The summed E-state index contributed by atoms with van der Waals surface area (Å²) < 4.78 is 0. The van der Waals surface area contributed by atoms with E-state index in [0.717, 1.165) is 0 Å². The number of nitrogens with zero attached hydrogens (tertiary/aromatic N) is 1. The summed E-state index contributed by atoms with van der Waals surface area (Å²) in [7, 11) is 1.79. The van der Waals surface area contributed by atoms with Crippen LogP contribution in [0.25, 0.3) is 0 Å².